The smallest absolute Gasteiger partial charge is 0.277 e. The molecule has 0 spiro atoms. The van der Waals surface area contributed by atoms with Crippen LogP contribution in [-0.4, -0.2) is 30.9 Å². The van der Waals surface area contributed by atoms with E-state index in [4.69, 9.17) is 9.47 Å². The molecule has 0 aliphatic heterocycles. The van der Waals surface area contributed by atoms with Crippen molar-refractivity contribution in [3.63, 3.8) is 0 Å². The van der Waals surface area contributed by atoms with Crippen molar-refractivity contribution in [3.05, 3.63) is 49.3 Å². The van der Waals surface area contributed by atoms with Gasteiger partial charge in [0.05, 0.1) is 22.3 Å². The lowest BCUT2D eigenvalue weighted by molar-refractivity contribution is -0.123. The van der Waals surface area contributed by atoms with E-state index in [1.807, 2.05) is 12.1 Å². The number of halogens is 3. The van der Waals surface area contributed by atoms with Gasteiger partial charge in [-0.3, -0.25) is 4.79 Å². The van der Waals surface area contributed by atoms with Crippen molar-refractivity contribution in [3.8, 4) is 17.2 Å². The first-order valence-corrected chi connectivity index (χ1v) is 9.25. The Hall–Kier alpha value is -1.58. The maximum Gasteiger partial charge on any atom is 0.277 e. The Morgan fingerprint density at radius 1 is 1.24 bits per heavy atom. The molecule has 0 aliphatic rings. The van der Waals surface area contributed by atoms with Crippen molar-refractivity contribution in [1.29, 1.82) is 0 Å². The molecule has 0 bridgehead atoms. The van der Waals surface area contributed by atoms with Crippen LogP contribution in [0.1, 0.15) is 5.56 Å². The molecule has 2 rings (SSSR count). The number of hydrazone groups is 1. The average molecular weight is 537 g/mol. The highest BCUT2D eigenvalue weighted by atomic mass is 79.9. The standard InChI is InChI=1S/C16H13Br3N2O4/c1-24-14-4-9(2-3-13(14)22)7-20-21-15(23)8-25-16-11(18)5-10(17)6-12(16)19/h2-7,22H,8H2,1H3,(H,21,23)/b20-7+. The van der Waals surface area contributed by atoms with E-state index in [0.29, 0.717) is 26.0 Å². The normalized spacial score (nSPS) is 10.7. The van der Waals surface area contributed by atoms with Crippen LogP contribution in [0.15, 0.2) is 48.9 Å². The van der Waals surface area contributed by atoms with Crippen molar-refractivity contribution in [1.82, 2.24) is 5.43 Å². The highest BCUT2D eigenvalue weighted by Crippen LogP contribution is 2.36. The second-order valence-corrected chi connectivity index (χ2v) is 7.34. The largest absolute Gasteiger partial charge is 0.504 e. The molecule has 6 nitrogen and oxygen atoms in total. The summed E-state index contributed by atoms with van der Waals surface area (Å²) in [6.07, 6.45) is 1.44. The number of aromatic hydroxyl groups is 1. The fraction of sp³-hybridized carbons (Fsp3) is 0.125. The Morgan fingerprint density at radius 2 is 1.92 bits per heavy atom. The zero-order chi connectivity index (χ0) is 18.4. The fourth-order valence-electron chi connectivity index (χ4n) is 1.79. The molecule has 0 aromatic heterocycles. The molecule has 1 amide bonds. The van der Waals surface area contributed by atoms with Gasteiger partial charge in [-0.05, 0) is 67.8 Å². The van der Waals surface area contributed by atoms with Gasteiger partial charge in [-0.1, -0.05) is 15.9 Å². The first-order valence-electron chi connectivity index (χ1n) is 6.87. The zero-order valence-electron chi connectivity index (χ0n) is 12.9. The number of nitrogens with one attached hydrogen (secondary N) is 1. The molecular weight excluding hydrogens is 524 g/mol. The van der Waals surface area contributed by atoms with E-state index in [0.717, 1.165) is 4.47 Å². The van der Waals surface area contributed by atoms with Gasteiger partial charge in [-0.25, -0.2) is 5.43 Å². The van der Waals surface area contributed by atoms with Crippen LogP contribution in [0.3, 0.4) is 0 Å². The number of carbonyl (C=O) groups excluding carboxylic acids is 1. The summed E-state index contributed by atoms with van der Waals surface area (Å²) in [7, 11) is 1.45. The minimum atomic E-state index is -0.413. The monoisotopic (exact) mass is 534 g/mol. The molecule has 0 aliphatic carbocycles. The molecule has 2 aromatic rings. The molecule has 0 unspecified atom stereocenters. The van der Waals surface area contributed by atoms with Gasteiger partial charge in [-0.15, -0.1) is 0 Å². The molecule has 2 N–H and O–H groups in total. The molecule has 0 radical (unpaired) electrons. The Kier molecular flexibility index (Phi) is 7.27. The van der Waals surface area contributed by atoms with Gasteiger partial charge in [0.1, 0.15) is 5.75 Å². The van der Waals surface area contributed by atoms with E-state index in [9.17, 15) is 9.90 Å². The number of amides is 1. The van der Waals surface area contributed by atoms with E-state index in [-0.39, 0.29) is 12.4 Å². The van der Waals surface area contributed by atoms with Crippen LogP contribution < -0.4 is 14.9 Å². The molecule has 0 saturated heterocycles. The molecule has 0 fully saturated rings. The Morgan fingerprint density at radius 3 is 2.56 bits per heavy atom. The summed E-state index contributed by atoms with van der Waals surface area (Å²) in [5.41, 5.74) is 3.03. The lowest BCUT2D eigenvalue weighted by atomic mass is 10.2. The summed E-state index contributed by atoms with van der Waals surface area (Å²) in [5, 5.41) is 13.4. The number of nitrogens with zero attached hydrogens (tertiary/aromatic N) is 1. The first kappa shape index (κ1) is 19.7. The molecule has 25 heavy (non-hydrogen) atoms. The van der Waals surface area contributed by atoms with Crippen LogP contribution in [0.25, 0.3) is 0 Å². The maximum atomic E-state index is 11.8. The molecule has 0 saturated carbocycles. The lowest BCUT2D eigenvalue weighted by Gasteiger charge is -2.10. The number of carbonyl (C=O) groups is 1. The first-order chi connectivity index (χ1) is 11.9. The van der Waals surface area contributed by atoms with Crippen molar-refractivity contribution in [2.75, 3.05) is 13.7 Å². The molecule has 2 aromatic carbocycles. The van der Waals surface area contributed by atoms with Crippen LogP contribution in [0.4, 0.5) is 0 Å². The fourth-order valence-corrected chi connectivity index (χ4v) is 4.28. The number of benzene rings is 2. The predicted octanol–water partition coefficient (Wildman–Crippen LogP) is 4.22. The van der Waals surface area contributed by atoms with Crippen LogP contribution in [-0.2, 0) is 4.79 Å². The highest BCUT2D eigenvalue weighted by Gasteiger charge is 2.10. The van der Waals surface area contributed by atoms with Gasteiger partial charge in [0, 0.05) is 4.47 Å². The van der Waals surface area contributed by atoms with Crippen LogP contribution >= 0.6 is 47.8 Å². The van der Waals surface area contributed by atoms with Gasteiger partial charge in [0.2, 0.25) is 0 Å². The summed E-state index contributed by atoms with van der Waals surface area (Å²) in [5.74, 6) is 0.459. The Bertz CT molecular complexity index is 789. The Balaban J connectivity index is 1.91. The van der Waals surface area contributed by atoms with E-state index in [2.05, 4.69) is 58.3 Å². The quantitative estimate of drug-likeness (QED) is 0.428. The number of methoxy groups -OCH3 is 1. The van der Waals surface area contributed by atoms with Crippen LogP contribution in [0, 0.1) is 0 Å². The highest BCUT2D eigenvalue weighted by molar-refractivity contribution is 9.11. The van der Waals surface area contributed by atoms with Gasteiger partial charge in [-0.2, -0.15) is 5.10 Å². The lowest BCUT2D eigenvalue weighted by Crippen LogP contribution is -2.24. The van der Waals surface area contributed by atoms with E-state index in [1.165, 1.54) is 19.4 Å². The molecule has 0 heterocycles. The predicted molar refractivity (Wildman–Crippen MR) is 105 cm³/mol. The average Bonchev–Trinajstić information content (AvgIpc) is 2.55. The third-order valence-electron chi connectivity index (χ3n) is 2.92. The number of phenols is 1. The third kappa shape index (κ3) is 5.72. The van der Waals surface area contributed by atoms with Gasteiger partial charge in [0.25, 0.3) is 5.91 Å². The summed E-state index contributed by atoms with van der Waals surface area (Å²) in [4.78, 5) is 11.8. The van der Waals surface area contributed by atoms with Crippen molar-refractivity contribution < 1.29 is 19.4 Å². The second kappa shape index (κ2) is 9.21. The molecular formula is C16H13Br3N2O4. The van der Waals surface area contributed by atoms with Crippen molar-refractivity contribution >= 4 is 59.9 Å². The summed E-state index contributed by atoms with van der Waals surface area (Å²) in [6.45, 7) is -0.199. The minimum Gasteiger partial charge on any atom is -0.504 e. The summed E-state index contributed by atoms with van der Waals surface area (Å²) in [6, 6.07) is 8.34. The summed E-state index contributed by atoms with van der Waals surface area (Å²) < 4.78 is 12.8. The van der Waals surface area contributed by atoms with E-state index in [1.54, 1.807) is 12.1 Å². The second-order valence-electron chi connectivity index (χ2n) is 4.71. The zero-order valence-corrected chi connectivity index (χ0v) is 17.7. The van der Waals surface area contributed by atoms with E-state index >= 15 is 0 Å². The number of hydrogen-bond acceptors (Lipinski definition) is 5. The number of hydrogen-bond donors (Lipinski definition) is 2. The maximum absolute atomic E-state index is 11.8. The van der Waals surface area contributed by atoms with Gasteiger partial charge in [0.15, 0.2) is 18.1 Å². The van der Waals surface area contributed by atoms with Gasteiger partial charge >= 0.3 is 0 Å². The van der Waals surface area contributed by atoms with E-state index < -0.39 is 5.91 Å². The van der Waals surface area contributed by atoms with Crippen molar-refractivity contribution in [2.24, 2.45) is 5.10 Å². The van der Waals surface area contributed by atoms with Crippen molar-refractivity contribution in [2.45, 2.75) is 0 Å². The minimum absolute atomic E-state index is 0.0303. The molecule has 9 heteroatoms. The topological polar surface area (TPSA) is 80.2 Å². The molecule has 0 atom stereocenters. The Labute approximate surface area is 169 Å². The SMILES string of the molecule is COc1cc(/C=N/NC(=O)COc2c(Br)cc(Br)cc2Br)ccc1O. The number of ether oxygens (including phenoxy) is 2. The number of rotatable bonds is 6. The number of phenolic OH excluding ortho intramolecular Hbond substituents is 1. The summed E-state index contributed by atoms with van der Waals surface area (Å²) >= 11 is 10.1. The van der Waals surface area contributed by atoms with Crippen LogP contribution in [0.5, 0.6) is 17.2 Å². The van der Waals surface area contributed by atoms with Gasteiger partial charge < -0.3 is 14.6 Å². The third-order valence-corrected chi connectivity index (χ3v) is 4.55. The molecule has 132 valence electrons. The van der Waals surface area contributed by atoms with Crippen LogP contribution in [0.2, 0.25) is 0 Å².